The van der Waals surface area contributed by atoms with E-state index in [0.717, 1.165) is 29.0 Å². The number of hydrogen-bond donors (Lipinski definition) is 1. The molecule has 0 aromatic heterocycles. The van der Waals surface area contributed by atoms with Gasteiger partial charge in [0.25, 0.3) is 0 Å². The zero-order chi connectivity index (χ0) is 17.7. The van der Waals surface area contributed by atoms with Crippen LogP contribution in [0.1, 0.15) is 41.7 Å². The third kappa shape index (κ3) is 4.78. The van der Waals surface area contributed by atoms with Gasteiger partial charge in [0.05, 0.1) is 0 Å². The van der Waals surface area contributed by atoms with Crippen LogP contribution >= 0.6 is 11.8 Å². The van der Waals surface area contributed by atoms with E-state index in [0.29, 0.717) is 0 Å². The summed E-state index contributed by atoms with van der Waals surface area (Å²) in [5.74, 6) is 0. The van der Waals surface area contributed by atoms with Crippen LogP contribution in [0.25, 0.3) is 4.91 Å². The summed E-state index contributed by atoms with van der Waals surface area (Å²) in [7, 11) is 0. The molecule has 2 aromatic rings. The van der Waals surface area contributed by atoms with Crippen molar-refractivity contribution in [2.75, 3.05) is 5.73 Å². The first-order valence-corrected chi connectivity index (χ1v) is 9.24. The molecule has 24 heavy (non-hydrogen) atoms. The van der Waals surface area contributed by atoms with Gasteiger partial charge in [0, 0.05) is 10.6 Å². The van der Waals surface area contributed by atoms with Crippen molar-refractivity contribution in [3.8, 4) is 0 Å². The third-order valence-electron chi connectivity index (χ3n) is 4.21. The smallest absolute Gasteiger partial charge is 0.0346 e. The maximum atomic E-state index is 6.04. The van der Waals surface area contributed by atoms with Gasteiger partial charge in [-0.1, -0.05) is 66.7 Å². The minimum atomic E-state index is 0.888. The molecule has 2 N–H and O–H groups in total. The van der Waals surface area contributed by atoms with Gasteiger partial charge in [0.2, 0.25) is 0 Å². The normalized spacial score (nSPS) is 11.6. The lowest BCUT2D eigenvalue weighted by atomic mass is 9.96. The molecule has 0 amide bonds. The maximum absolute atomic E-state index is 6.04. The quantitative estimate of drug-likeness (QED) is 0.626. The number of nitrogen functional groups attached to an aromatic ring is 1. The van der Waals surface area contributed by atoms with E-state index in [4.69, 9.17) is 5.73 Å². The van der Waals surface area contributed by atoms with Crippen molar-refractivity contribution in [1.82, 2.24) is 0 Å². The van der Waals surface area contributed by atoms with Gasteiger partial charge in [-0.05, 0) is 67.3 Å². The summed E-state index contributed by atoms with van der Waals surface area (Å²) in [5.41, 5.74) is 14.6. The monoisotopic (exact) mass is 337 g/mol. The highest BCUT2D eigenvalue weighted by molar-refractivity contribution is 8.10. The van der Waals surface area contributed by atoms with Gasteiger partial charge in [-0.15, -0.1) is 0 Å². The fraction of sp³-hybridized carbons (Fsp3) is 0.273. The number of benzene rings is 2. The molecular weight excluding hydrogens is 310 g/mol. The maximum Gasteiger partial charge on any atom is 0.0346 e. The lowest BCUT2D eigenvalue weighted by Gasteiger charge is -2.12. The fourth-order valence-electron chi connectivity index (χ4n) is 2.65. The molecule has 0 aliphatic carbocycles. The first-order valence-electron chi connectivity index (χ1n) is 8.36. The summed E-state index contributed by atoms with van der Waals surface area (Å²) < 4.78 is 0. The molecule has 0 bridgehead atoms. The molecule has 1 nitrogen and oxygen atoms in total. The topological polar surface area (TPSA) is 26.0 Å². The van der Waals surface area contributed by atoms with Crippen LogP contribution in [0.15, 0.2) is 54.0 Å². The van der Waals surface area contributed by atoms with E-state index in [9.17, 15) is 0 Å². The molecule has 126 valence electrons. The van der Waals surface area contributed by atoms with Crippen LogP contribution in [0.2, 0.25) is 0 Å². The van der Waals surface area contributed by atoms with Crippen LogP contribution in [0.4, 0.5) is 5.69 Å². The Bertz CT molecular complexity index is 754. The van der Waals surface area contributed by atoms with E-state index in [-0.39, 0.29) is 0 Å². The van der Waals surface area contributed by atoms with Crippen LogP contribution in [-0.4, -0.2) is 0 Å². The summed E-state index contributed by atoms with van der Waals surface area (Å²) in [4.78, 5) is 1.08. The number of rotatable bonds is 6. The molecule has 0 aliphatic rings. The summed E-state index contributed by atoms with van der Waals surface area (Å²) in [6.07, 6.45) is 1.97. The zero-order valence-corrected chi connectivity index (χ0v) is 16.0. The molecular formula is C22H27NS. The minimum absolute atomic E-state index is 0.888. The summed E-state index contributed by atoms with van der Waals surface area (Å²) in [5, 5.41) is 2.22. The third-order valence-corrected chi connectivity index (χ3v) is 5.25. The van der Waals surface area contributed by atoms with E-state index in [1.807, 2.05) is 0 Å². The van der Waals surface area contributed by atoms with Gasteiger partial charge in [-0.25, -0.2) is 0 Å². The van der Waals surface area contributed by atoms with Crippen molar-refractivity contribution in [2.45, 2.75) is 40.5 Å². The summed E-state index contributed by atoms with van der Waals surface area (Å²) in [6, 6.07) is 12.9. The van der Waals surface area contributed by atoms with E-state index >= 15 is 0 Å². The van der Waals surface area contributed by atoms with Crippen molar-refractivity contribution in [1.29, 1.82) is 0 Å². The Morgan fingerprint density at radius 2 is 1.79 bits per heavy atom. The lowest BCUT2D eigenvalue weighted by Crippen LogP contribution is -1.99. The van der Waals surface area contributed by atoms with Crippen LogP contribution in [-0.2, 0) is 12.8 Å². The van der Waals surface area contributed by atoms with Gasteiger partial charge < -0.3 is 5.73 Å². The SMILES string of the molecule is C=C(S/C=C(\C)Cc1cc(C)c(N)cc1CC)c1ccc(C)cc1. The molecule has 2 rings (SSSR count). The number of thioether (sulfide) groups is 1. The van der Waals surface area contributed by atoms with Crippen molar-refractivity contribution < 1.29 is 0 Å². The Balaban J connectivity index is 2.08. The zero-order valence-electron chi connectivity index (χ0n) is 15.1. The highest BCUT2D eigenvalue weighted by Crippen LogP contribution is 2.29. The van der Waals surface area contributed by atoms with Crippen molar-refractivity contribution in [2.24, 2.45) is 0 Å². The number of hydrogen-bond acceptors (Lipinski definition) is 2. The Kier molecular flexibility index (Phi) is 6.33. The molecule has 2 heteroatoms. The van der Waals surface area contributed by atoms with Crippen LogP contribution < -0.4 is 5.73 Å². The number of allylic oxidation sites excluding steroid dienone is 1. The first-order chi connectivity index (χ1) is 11.4. The Morgan fingerprint density at radius 1 is 1.12 bits per heavy atom. The molecule has 2 aromatic carbocycles. The molecule has 0 aliphatic heterocycles. The van der Waals surface area contributed by atoms with Gasteiger partial charge in [-0.3, -0.25) is 0 Å². The average Bonchev–Trinajstić information content (AvgIpc) is 2.56. The van der Waals surface area contributed by atoms with E-state index in [1.165, 1.54) is 27.8 Å². The highest BCUT2D eigenvalue weighted by atomic mass is 32.2. The molecule has 0 spiro atoms. The first kappa shape index (κ1) is 18.4. The second-order valence-electron chi connectivity index (χ2n) is 6.38. The van der Waals surface area contributed by atoms with Gasteiger partial charge >= 0.3 is 0 Å². The molecule has 0 radical (unpaired) electrons. The lowest BCUT2D eigenvalue weighted by molar-refractivity contribution is 1.04. The highest BCUT2D eigenvalue weighted by Gasteiger charge is 2.06. The van der Waals surface area contributed by atoms with Gasteiger partial charge in [-0.2, -0.15) is 0 Å². The van der Waals surface area contributed by atoms with E-state index in [2.05, 4.69) is 76.1 Å². The van der Waals surface area contributed by atoms with Crippen molar-refractivity contribution >= 4 is 22.4 Å². The fourth-order valence-corrected chi connectivity index (χ4v) is 3.35. The molecule has 0 atom stereocenters. The second kappa shape index (κ2) is 8.25. The van der Waals surface area contributed by atoms with Crippen LogP contribution in [0.3, 0.4) is 0 Å². The standard InChI is InChI=1S/C22H27NS/c1-6-19-13-22(23)17(4)12-21(19)11-16(3)14-24-18(5)20-9-7-15(2)8-10-20/h7-10,12-14H,5-6,11,23H2,1-4H3/b16-14+. The number of aryl methyl sites for hydroxylation is 3. The van der Waals surface area contributed by atoms with Gasteiger partial charge in [0.15, 0.2) is 0 Å². The predicted octanol–water partition coefficient (Wildman–Crippen LogP) is 6.30. The molecule has 0 saturated heterocycles. The summed E-state index contributed by atoms with van der Waals surface area (Å²) in [6.45, 7) is 12.7. The second-order valence-corrected chi connectivity index (χ2v) is 7.34. The molecule has 0 heterocycles. The average molecular weight is 338 g/mol. The minimum Gasteiger partial charge on any atom is -0.399 e. The van der Waals surface area contributed by atoms with Crippen LogP contribution in [0.5, 0.6) is 0 Å². The largest absolute Gasteiger partial charge is 0.399 e. The van der Waals surface area contributed by atoms with E-state index < -0.39 is 0 Å². The Hall–Kier alpha value is -1.93. The number of nitrogens with two attached hydrogens (primary N) is 1. The van der Waals surface area contributed by atoms with Crippen molar-refractivity contribution in [3.05, 3.63) is 81.8 Å². The van der Waals surface area contributed by atoms with E-state index in [1.54, 1.807) is 11.8 Å². The molecule has 0 unspecified atom stereocenters. The predicted molar refractivity (Wildman–Crippen MR) is 110 cm³/mol. The Labute approximate surface area is 150 Å². The Morgan fingerprint density at radius 3 is 2.42 bits per heavy atom. The number of anilines is 1. The summed E-state index contributed by atoms with van der Waals surface area (Å²) >= 11 is 1.70. The molecule has 0 fully saturated rings. The molecule has 0 saturated carbocycles. The van der Waals surface area contributed by atoms with Crippen molar-refractivity contribution in [3.63, 3.8) is 0 Å². The van der Waals surface area contributed by atoms with Crippen LogP contribution in [0, 0.1) is 13.8 Å². The van der Waals surface area contributed by atoms with Gasteiger partial charge in [0.1, 0.15) is 0 Å².